The van der Waals surface area contributed by atoms with E-state index in [0.29, 0.717) is 60.9 Å². The molecular formula is C35H31N5O6S4. The highest BCUT2D eigenvalue weighted by Crippen LogP contribution is 2.49. The molecule has 3 aliphatic rings. The Balaban J connectivity index is 1.13. The number of amides is 1. The number of fused-ring (bicyclic) bond motifs is 3. The van der Waals surface area contributed by atoms with Gasteiger partial charge in [0.25, 0.3) is 0 Å². The number of nitrogens with zero attached hydrogens (tertiary/aromatic N) is 5. The Hall–Kier alpha value is -3.99. The Bertz CT molecular complexity index is 2210. The maximum atomic E-state index is 14.2. The summed E-state index contributed by atoms with van der Waals surface area (Å²) in [5, 5.41) is 9.61. The molecule has 3 aliphatic heterocycles. The van der Waals surface area contributed by atoms with Crippen LogP contribution in [-0.2, 0) is 26.1 Å². The third kappa shape index (κ3) is 6.37. The van der Waals surface area contributed by atoms with Gasteiger partial charge in [0.2, 0.25) is 22.7 Å². The van der Waals surface area contributed by atoms with E-state index < -0.39 is 10.0 Å². The van der Waals surface area contributed by atoms with Gasteiger partial charge in [-0.05, 0) is 66.4 Å². The number of sulfonamides is 1. The molecule has 0 N–H and O–H groups in total. The van der Waals surface area contributed by atoms with E-state index in [1.54, 1.807) is 46.6 Å². The highest BCUT2D eigenvalue weighted by Gasteiger charge is 2.30. The van der Waals surface area contributed by atoms with Crippen LogP contribution in [0, 0.1) is 0 Å². The lowest BCUT2D eigenvalue weighted by Crippen LogP contribution is -2.40. The maximum absolute atomic E-state index is 14.2. The summed E-state index contributed by atoms with van der Waals surface area (Å²) >= 11 is 4.58. The van der Waals surface area contributed by atoms with Gasteiger partial charge in [0.15, 0.2) is 22.5 Å². The molecule has 4 heterocycles. The molecule has 0 aliphatic carbocycles. The van der Waals surface area contributed by atoms with Gasteiger partial charge in [-0.2, -0.15) is 4.31 Å². The number of aromatic nitrogens is 3. The highest BCUT2D eigenvalue weighted by molar-refractivity contribution is 8.00. The van der Waals surface area contributed by atoms with Crippen molar-refractivity contribution in [1.29, 1.82) is 0 Å². The lowest BCUT2D eigenvalue weighted by atomic mass is 10.2. The van der Waals surface area contributed by atoms with E-state index >= 15 is 0 Å². The van der Waals surface area contributed by atoms with Crippen molar-refractivity contribution in [2.24, 2.45) is 0 Å². The Morgan fingerprint density at radius 1 is 0.880 bits per heavy atom. The number of carbonyl (C=O) groups excluding carboxylic acids is 1. The molecule has 8 rings (SSSR count). The van der Waals surface area contributed by atoms with Crippen LogP contribution in [0.3, 0.4) is 0 Å². The van der Waals surface area contributed by atoms with Crippen molar-refractivity contribution < 1.29 is 27.4 Å². The number of para-hydroxylation sites is 1. The fourth-order valence-corrected chi connectivity index (χ4v) is 9.74. The first kappa shape index (κ1) is 33.2. The summed E-state index contributed by atoms with van der Waals surface area (Å²) in [6.07, 6.45) is 2.02. The zero-order valence-electron chi connectivity index (χ0n) is 26.9. The fraction of sp³-hybridized carbons (Fsp3) is 0.229. The molecule has 11 nitrogen and oxygen atoms in total. The number of anilines is 2. The van der Waals surface area contributed by atoms with Gasteiger partial charge in [0, 0.05) is 33.3 Å². The topological polar surface area (TPSA) is 116 Å². The molecule has 0 atom stereocenters. The second-order valence-corrected chi connectivity index (χ2v) is 16.4. The highest BCUT2D eigenvalue weighted by atomic mass is 32.2. The predicted octanol–water partition coefficient (Wildman–Crippen LogP) is 6.39. The van der Waals surface area contributed by atoms with E-state index in [-0.39, 0.29) is 23.3 Å². The zero-order valence-corrected chi connectivity index (χ0v) is 30.1. The second-order valence-electron chi connectivity index (χ2n) is 11.5. The molecule has 50 heavy (non-hydrogen) atoms. The normalized spacial score (nSPS) is 15.5. The monoisotopic (exact) mass is 745 g/mol. The molecule has 1 aromatic heterocycles. The summed E-state index contributed by atoms with van der Waals surface area (Å²) in [6.45, 7) is 1.81. The number of ether oxygens (including phenoxy) is 3. The lowest BCUT2D eigenvalue weighted by Gasteiger charge is -2.31. The smallest absolute Gasteiger partial charge is 0.243 e. The number of thioether (sulfide) groups is 2. The average Bonchev–Trinajstić information content (AvgIpc) is 3.79. The molecule has 0 bridgehead atoms. The molecule has 256 valence electrons. The van der Waals surface area contributed by atoms with Crippen LogP contribution in [0.15, 0.2) is 110 Å². The van der Waals surface area contributed by atoms with Crippen LogP contribution in [0.5, 0.6) is 11.5 Å². The van der Waals surface area contributed by atoms with E-state index in [1.165, 1.54) is 16.1 Å². The van der Waals surface area contributed by atoms with Crippen LogP contribution < -0.4 is 14.4 Å². The number of benzene rings is 4. The van der Waals surface area contributed by atoms with Crippen molar-refractivity contribution in [1.82, 2.24) is 19.1 Å². The minimum atomic E-state index is -3.75. The van der Waals surface area contributed by atoms with E-state index in [2.05, 4.69) is 28.4 Å². The minimum absolute atomic E-state index is 0.0899. The number of morpholine rings is 1. The van der Waals surface area contributed by atoms with Crippen LogP contribution in [0.2, 0.25) is 0 Å². The summed E-state index contributed by atoms with van der Waals surface area (Å²) in [6, 6.07) is 26.6. The summed E-state index contributed by atoms with van der Waals surface area (Å²) < 4.78 is 47.0. The van der Waals surface area contributed by atoms with Crippen molar-refractivity contribution >= 4 is 62.6 Å². The molecule has 1 amide bonds. The molecule has 1 fully saturated rings. The first-order valence-electron chi connectivity index (χ1n) is 15.8. The van der Waals surface area contributed by atoms with E-state index in [1.807, 2.05) is 59.4 Å². The van der Waals surface area contributed by atoms with Gasteiger partial charge in [-0.3, -0.25) is 14.3 Å². The quantitative estimate of drug-likeness (QED) is 0.157. The van der Waals surface area contributed by atoms with Gasteiger partial charge in [0.05, 0.1) is 41.8 Å². The molecule has 0 unspecified atom stereocenters. The first-order chi connectivity index (χ1) is 24.4. The molecule has 0 saturated carbocycles. The van der Waals surface area contributed by atoms with Crippen LogP contribution in [0.1, 0.15) is 5.56 Å². The summed E-state index contributed by atoms with van der Waals surface area (Å²) in [7, 11) is -3.75. The Labute approximate surface area is 302 Å². The molecular weight excluding hydrogens is 715 g/mol. The van der Waals surface area contributed by atoms with Gasteiger partial charge in [-0.25, -0.2) is 8.42 Å². The van der Waals surface area contributed by atoms with Crippen LogP contribution >= 0.6 is 35.3 Å². The van der Waals surface area contributed by atoms with Gasteiger partial charge in [0.1, 0.15) is 0 Å². The first-order valence-corrected chi connectivity index (χ1v) is 20.3. The summed E-state index contributed by atoms with van der Waals surface area (Å²) in [5.74, 6) is 1.78. The molecule has 1 saturated heterocycles. The lowest BCUT2D eigenvalue weighted by molar-refractivity contribution is -0.115. The van der Waals surface area contributed by atoms with Gasteiger partial charge in [-0.15, -0.1) is 22.0 Å². The number of hydrogen-bond donors (Lipinski definition) is 0. The van der Waals surface area contributed by atoms with Crippen LogP contribution in [0.25, 0.3) is 11.4 Å². The van der Waals surface area contributed by atoms with Crippen molar-refractivity contribution in [2.75, 3.05) is 50.0 Å². The van der Waals surface area contributed by atoms with Gasteiger partial charge >= 0.3 is 0 Å². The Morgan fingerprint density at radius 3 is 2.56 bits per heavy atom. The standard InChI is InChI=1S/C35H31N5O6S4/c1-47-25-10-12-32-28(19-25)40(27-7-2-3-8-31(27)49-32)33(41)21-48-35-37-36-34(39(35)20-23-9-11-29-30(17-23)46-22-45-29)24-5-4-6-26(18-24)50(42,43)38-13-15-44-16-14-38/h2-12,17-19H,13-16,20-22H2,1H3. The SMILES string of the molecule is CSc1ccc2c(c1)N(C(=O)CSc1nnc(-c3cccc(S(=O)(=O)N4CCOCC4)c3)n1Cc1ccc3c(c1)OCO3)c1ccccc1S2. The van der Waals surface area contributed by atoms with Crippen molar-refractivity contribution in [3.05, 3.63) is 90.5 Å². The fourth-order valence-electron chi connectivity index (χ4n) is 6.03. The predicted molar refractivity (Wildman–Crippen MR) is 193 cm³/mol. The summed E-state index contributed by atoms with van der Waals surface area (Å²) in [5.41, 5.74) is 3.19. The van der Waals surface area contributed by atoms with Crippen LogP contribution in [-0.4, -0.2) is 78.5 Å². The van der Waals surface area contributed by atoms with Gasteiger partial charge in [-0.1, -0.05) is 53.9 Å². The van der Waals surface area contributed by atoms with E-state index in [9.17, 15) is 13.2 Å². The second kappa shape index (κ2) is 14.0. The van der Waals surface area contributed by atoms with Crippen LogP contribution in [0.4, 0.5) is 11.4 Å². The largest absolute Gasteiger partial charge is 0.454 e. The van der Waals surface area contributed by atoms with Crippen molar-refractivity contribution in [2.45, 2.75) is 31.3 Å². The Kier molecular flexibility index (Phi) is 9.26. The van der Waals surface area contributed by atoms with Crippen molar-refractivity contribution in [3.63, 3.8) is 0 Å². The molecule has 0 radical (unpaired) electrons. The molecule has 5 aromatic rings. The third-order valence-corrected chi connectivity index (χ3v) is 13.2. The zero-order chi connectivity index (χ0) is 34.2. The molecule has 4 aromatic carbocycles. The summed E-state index contributed by atoms with van der Waals surface area (Å²) in [4.78, 5) is 19.3. The molecule has 0 spiro atoms. The maximum Gasteiger partial charge on any atom is 0.243 e. The van der Waals surface area contributed by atoms with E-state index in [0.717, 1.165) is 31.6 Å². The average molecular weight is 746 g/mol. The van der Waals surface area contributed by atoms with Gasteiger partial charge < -0.3 is 14.2 Å². The Morgan fingerprint density at radius 2 is 1.70 bits per heavy atom. The number of hydrogen-bond acceptors (Lipinski definition) is 11. The minimum Gasteiger partial charge on any atom is -0.454 e. The molecule has 15 heteroatoms. The number of carbonyl (C=O) groups is 1. The third-order valence-electron chi connectivity index (χ3n) is 8.50. The van der Waals surface area contributed by atoms with E-state index in [4.69, 9.17) is 14.2 Å². The number of rotatable bonds is 9. The van der Waals surface area contributed by atoms with Crippen molar-refractivity contribution in [3.8, 4) is 22.9 Å².